The Labute approximate surface area is 285 Å². The summed E-state index contributed by atoms with van der Waals surface area (Å²) in [6, 6.07) is 26.5. The van der Waals surface area contributed by atoms with Crippen molar-refractivity contribution in [3.8, 4) is 22.5 Å². The average molecular weight is 669 g/mol. The molecule has 0 spiro atoms. The van der Waals surface area contributed by atoms with Crippen molar-refractivity contribution < 1.29 is 9.59 Å². The summed E-state index contributed by atoms with van der Waals surface area (Å²) in [7, 11) is 0. The van der Waals surface area contributed by atoms with E-state index in [1.165, 1.54) is 9.36 Å². The Morgan fingerprint density at radius 1 is 0.480 bits per heavy atom. The first-order valence-electron chi connectivity index (χ1n) is 15.9. The van der Waals surface area contributed by atoms with E-state index < -0.39 is 0 Å². The molecule has 0 aliphatic heterocycles. The maximum atomic E-state index is 12.6. The molecule has 2 amide bonds. The Morgan fingerprint density at radius 3 is 1.30 bits per heavy atom. The van der Waals surface area contributed by atoms with Crippen LogP contribution in [0.3, 0.4) is 0 Å². The van der Waals surface area contributed by atoms with Crippen molar-refractivity contribution >= 4 is 23.2 Å². The second-order valence-corrected chi connectivity index (χ2v) is 11.5. The summed E-state index contributed by atoms with van der Waals surface area (Å²) in [5, 5.41) is 39.0. The molecule has 0 saturated heterocycles. The number of amides is 2. The van der Waals surface area contributed by atoms with Gasteiger partial charge in [-0.1, -0.05) is 81.5 Å². The molecule has 0 unspecified atom stereocenters. The lowest BCUT2D eigenvalue weighted by Crippen LogP contribution is -2.20. The second-order valence-electron chi connectivity index (χ2n) is 11.5. The fourth-order valence-electron chi connectivity index (χ4n) is 5.15. The minimum absolute atomic E-state index is 0.000416. The van der Waals surface area contributed by atoms with Crippen LogP contribution in [-0.2, 0) is 48.6 Å². The lowest BCUT2D eigenvalue weighted by molar-refractivity contribution is -0.117. The molecular weight excluding hydrogens is 636 g/mol. The van der Waals surface area contributed by atoms with E-state index in [4.69, 9.17) is 0 Å². The van der Waals surface area contributed by atoms with Crippen LogP contribution in [0.25, 0.3) is 22.5 Å². The van der Waals surface area contributed by atoms with E-state index in [1.54, 1.807) is 46.0 Å². The topological polar surface area (TPSA) is 181 Å². The molecule has 250 valence electrons. The molecule has 0 atom stereocenters. The largest absolute Gasteiger partial charge is 0.324 e. The number of rotatable bonds is 14. The van der Waals surface area contributed by atoms with Crippen molar-refractivity contribution in [2.45, 2.75) is 39.0 Å². The number of benzene rings is 3. The fourth-order valence-corrected chi connectivity index (χ4v) is 5.15. The highest BCUT2D eigenvalue weighted by Crippen LogP contribution is 2.17. The zero-order valence-corrected chi connectivity index (χ0v) is 26.8. The molecule has 3 aromatic carbocycles. The molecule has 0 radical (unpaired) electrons. The maximum Gasteiger partial charge on any atom is 0.246 e. The van der Waals surface area contributed by atoms with Crippen molar-refractivity contribution in [2.75, 3.05) is 10.6 Å². The molecule has 4 aromatic heterocycles. The predicted octanol–water partition coefficient (Wildman–Crippen LogP) is 3.15. The lowest BCUT2D eigenvalue weighted by Gasteiger charge is -2.08. The number of aromatic nitrogens is 12. The van der Waals surface area contributed by atoms with Crippen LogP contribution in [0, 0.1) is 0 Å². The normalized spacial score (nSPS) is 11.0. The van der Waals surface area contributed by atoms with E-state index in [0.29, 0.717) is 37.3 Å². The van der Waals surface area contributed by atoms with E-state index in [-0.39, 0.29) is 24.9 Å². The summed E-state index contributed by atoms with van der Waals surface area (Å²) in [4.78, 5) is 25.3. The molecule has 16 nitrogen and oxygen atoms in total. The Bertz CT molecular complexity index is 2010. The Kier molecular flexibility index (Phi) is 9.48. The number of carbonyl (C=O) groups is 2. The van der Waals surface area contributed by atoms with Crippen molar-refractivity contribution in [3.05, 3.63) is 121 Å². The van der Waals surface area contributed by atoms with Gasteiger partial charge >= 0.3 is 0 Å². The standard InChI is InChI=1S/C34H32N14O2/c49-33(23-47-19-29(37-41-47)15-17-45-21-31(39-43-45)25-7-3-1-4-8-25)35-27-11-13-28(14-12-27)36-34(50)24-48-20-30(38-42-48)16-18-46-22-32(40-44-46)26-9-5-2-6-10-26/h1-14,19-22H,15-18,23-24H2,(H,35,49)(H,36,50). The van der Waals surface area contributed by atoms with Crippen LogP contribution >= 0.6 is 0 Å². The van der Waals surface area contributed by atoms with Crippen molar-refractivity contribution in [1.29, 1.82) is 0 Å². The van der Waals surface area contributed by atoms with Crippen molar-refractivity contribution in [1.82, 2.24) is 60.0 Å². The monoisotopic (exact) mass is 668 g/mol. The van der Waals surface area contributed by atoms with Crippen LogP contribution in [0.15, 0.2) is 110 Å². The molecule has 0 aliphatic rings. The average Bonchev–Trinajstić information content (AvgIpc) is 3.97. The van der Waals surface area contributed by atoms with E-state index in [9.17, 15) is 9.59 Å². The number of hydrogen-bond donors (Lipinski definition) is 2. The van der Waals surface area contributed by atoms with Crippen molar-refractivity contribution in [3.63, 3.8) is 0 Å². The van der Waals surface area contributed by atoms with Crippen molar-refractivity contribution in [2.24, 2.45) is 0 Å². The van der Waals surface area contributed by atoms with E-state index in [2.05, 4.69) is 51.9 Å². The second kappa shape index (κ2) is 14.9. The first-order chi connectivity index (χ1) is 24.5. The first-order valence-corrected chi connectivity index (χ1v) is 15.9. The number of nitrogens with zero attached hydrogens (tertiary/aromatic N) is 12. The minimum Gasteiger partial charge on any atom is -0.324 e. The molecule has 4 heterocycles. The molecular formula is C34H32N14O2. The number of anilines is 2. The molecule has 50 heavy (non-hydrogen) atoms. The molecule has 0 fully saturated rings. The molecule has 0 aliphatic carbocycles. The number of carbonyl (C=O) groups excluding carboxylic acids is 2. The van der Waals surface area contributed by atoms with Gasteiger partial charge in [0.1, 0.15) is 24.5 Å². The van der Waals surface area contributed by atoms with Crippen LogP contribution < -0.4 is 10.6 Å². The molecule has 0 saturated carbocycles. The van der Waals surface area contributed by atoms with Gasteiger partial charge in [0.2, 0.25) is 11.8 Å². The Hall–Kier alpha value is -6.84. The summed E-state index contributed by atoms with van der Waals surface area (Å²) >= 11 is 0. The number of nitrogens with one attached hydrogen (secondary N) is 2. The molecule has 7 rings (SSSR count). The minimum atomic E-state index is -0.260. The summed E-state index contributed by atoms with van der Waals surface area (Å²) in [5.74, 6) is -0.520. The van der Waals surface area contributed by atoms with E-state index in [1.807, 2.05) is 73.1 Å². The highest BCUT2D eigenvalue weighted by Gasteiger charge is 2.11. The summed E-state index contributed by atoms with van der Waals surface area (Å²) in [6.45, 7) is 1.16. The van der Waals surface area contributed by atoms with Crippen LogP contribution in [0.5, 0.6) is 0 Å². The van der Waals surface area contributed by atoms with Gasteiger partial charge in [-0.2, -0.15) is 0 Å². The Balaban J connectivity index is 0.825. The van der Waals surface area contributed by atoms with Crippen LogP contribution in [-0.4, -0.2) is 71.8 Å². The highest BCUT2D eigenvalue weighted by molar-refractivity contribution is 5.92. The zero-order chi connectivity index (χ0) is 34.1. The van der Waals surface area contributed by atoms with Gasteiger partial charge < -0.3 is 10.6 Å². The summed E-state index contributed by atoms with van der Waals surface area (Å²) < 4.78 is 6.49. The number of hydrogen-bond acceptors (Lipinski definition) is 10. The lowest BCUT2D eigenvalue weighted by atomic mass is 10.2. The highest BCUT2D eigenvalue weighted by atomic mass is 16.2. The summed E-state index contributed by atoms with van der Waals surface area (Å²) in [5.41, 5.74) is 6.25. The van der Waals surface area contributed by atoms with Gasteiger partial charge in [-0.05, 0) is 24.3 Å². The first kappa shape index (κ1) is 31.7. The van der Waals surface area contributed by atoms with E-state index >= 15 is 0 Å². The van der Waals surface area contributed by atoms with Gasteiger partial charge in [-0.3, -0.25) is 19.0 Å². The third-order valence-electron chi connectivity index (χ3n) is 7.65. The zero-order valence-electron chi connectivity index (χ0n) is 26.8. The van der Waals surface area contributed by atoms with Gasteiger partial charge in [-0.15, -0.1) is 20.4 Å². The van der Waals surface area contributed by atoms with Gasteiger partial charge in [-0.25, -0.2) is 9.36 Å². The fraction of sp³-hybridized carbons (Fsp3) is 0.176. The van der Waals surface area contributed by atoms with Gasteiger partial charge in [0.25, 0.3) is 0 Å². The molecule has 7 aromatic rings. The van der Waals surface area contributed by atoms with E-state index in [0.717, 1.165) is 33.9 Å². The third kappa shape index (κ3) is 8.35. The van der Waals surface area contributed by atoms with Crippen LogP contribution in [0.1, 0.15) is 11.4 Å². The van der Waals surface area contributed by atoms with Gasteiger partial charge in [0.15, 0.2) is 0 Å². The third-order valence-corrected chi connectivity index (χ3v) is 7.65. The number of aryl methyl sites for hydroxylation is 4. The van der Waals surface area contributed by atoms with Crippen LogP contribution in [0.2, 0.25) is 0 Å². The SMILES string of the molecule is O=C(Cn1cc(CCn2cc(-c3ccccc3)nn2)nn1)Nc1ccc(NC(=O)Cn2cc(CCn3cc(-c4ccccc4)nn3)nn2)cc1. The molecule has 0 bridgehead atoms. The van der Waals surface area contributed by atoms with Crippen LogP contribution in [0.4, 0.5) is 11.4 Å². The smallest absolute Gasteiger partial charge is 0.246 e. The van der Waals surface area contributed by atoms with Gasteiger partial charge in [0, 0.05) is 60.8 Å². The molecule has 2 N–H and O–H groups in total. The Morgan fingerprint density at radius 2 is 0.880 bits per heavy atom. The molecule has 16 heteroatoms. The predicted molar refractivity (Wildman–Crippen MR) is 182 cm³/mol. The summed E-state index contributed by atoms with van der Waals surface area (Å²) in [6.07, 6.45) is 8.44. The quantitative estimate of drug-likeness (QED) is 0.175. The maximum absolute atomic E-state index is 12.6. The van der Waals surface area contributed by atoms with Gasteiger partial charge in [0.05, 0.1) is 23.8 Å².